The molecular formula is C17H33NO4. The molecule has 22 heavy (non-hydrogen) atoms. The van der Waals surface area contributed by atoms with E-state index in [9.17, 15) is 9.59 Å². The van der Waals surface area contributed by atoms with Gasteiger partial charge in [0.1, 0.15) is 12.1 Å². The molecule has 0 aromatic carbocycles. The Kier molecular flexibility index (Phi) is 10.7. The molecule has 0 aliphatic carbocycles. The molecule has 5 nitrogen and oxygen atoms in total. The van der Waals surface area contributed by atoms with E-state index in [1.807, 2.05) is 20.8 Å². The third kappa shape index (κ3) is 11.4. The van der Waals surface area contributed by atoms with E-state index in [4.69, 9.17) is 4.74 Å². The molecule has 5 heteroatoms. The fourth-order valence-corrected chi connectivity index (χ4v) is 2.04. The SMILES string of the molecule is CCCCCCCCCN(CC(=O)OC)C(=O)OC(C)(C)C. The number of rotatable bonds is 10. The van der Waals surface area contributed by atoms with Crippen molar-refractivity contribution < 1.29 is 19.1 Å². The largest absolute Gasteiger partial charge is 0.468 e. The molecule has 0 unspecified atom stereocenters. The molecule has 0 atom stereocenters. The monoisotopic (exact) mass is 315 g/mol. The minimum Gasteiger partial charge on any atom is -0.468 e. The van der Waals surface area contributed by atoms with Crippen molar-refractivity contribution in [2.75, 3.05) is 20.2 Å². The molecule has 0 aromatic rings. The van der Waals surface area contributed by atoms with Crippen molar-refractivity contribution in [2.45, 2.75) is 78.2 Å². The highest BCUT2D eigenvalue weighted by molar-refractivity contribution is 5.78. The van der Waals surface area contributed by atoms with E-state index < -0.39 is 17.7 Å². The fraction of sp³-hybridized carbons (Fsp3) is 0.882. The van der Waals surface area contributed by atoms with Crippen LogP contribution in [0, 0.1) is 0 Å². The normalized spacial score (nSPS) is 11.1. The molecule has 1 amide bonds. The summed E-state index contributed by atoms with van der Waals surface area (Å²) < 4.78 is 9.98. The summed E-state index contributed by atoms with van der Waals surface area (Å²) in [4.78, 5) is 25.0. The molecule has 0 aromatic heterocycles. The molecule has 0 heterocycles. The van der Waals surface area contributed by atoms with Gasteiger partial charge in [0, 0.05) is 6.54 Å². The molecule has 0 fully saturated rings. The van der Waals surface area contributed by atoms with Gasteiger partial charge in [-0.3, -0.25) is 9.69 Å². The summed E-state index contributed by atoms with van der Waals surface area (Å²) in [5, 5.41) is 0. The zero-order valence-corrected chi connectivity index (χ0v) is 14.9. The van der Waals surface area contributed by atoms with Crippen LogP contribution >= 0.6 is 0 Å². The Morgan fingerprint density at radius 1 is 0.955 bits per heavy atom. The van der Waals surface area contributed by atoms with Crippen LogP contribution in [-0.2, 0) is 14.3 Å². The van der Waals surface area contributed by atoms with Crippen LogP contribution in [0.4, 0.5) is 4.79 Å². The molecule has 0 aliphatic rings. The number of hydrogen-bond donors (Lipinski definition) is 0. The number of ether oxygens (including phenoxy) is 2. The maximum Gasteiger partial charge on any atom is 0.410 e. The number of carbonyl (C=O) groups excluding carboxylic acids is 2. The van der Waals surface area contributed by atoms with E-state index in [1.54, 1.807) is 0 Å². The Hall–Kier alpha value is -1.26. The van der Waals surface area contributed by atoms with Gasteiger partial charge < -0.3 is 9.47 Å². The summed E-state index contributed by atoms with van der Waals surface area (Å²) in [5.41, 5.74) is -0.564. The second-order valence-corrected chi connectivity index (χ2v) is 6.60. The molecule has 0 bridgehead atoms. The quantitative estimate of drug-likeness (QED) is 0.449. The summed E-state index contributed by atoms with van der Waals surface area (Å²) >= 11 is 0. The maximum atomic E-state index is 12.1. The van der Waals surface area contributed by atoms with Crippen molar-refractivity contribution in [3.63, 3.8) is 0 Å². The molecule has 0 aliphatic heterocycles. The minimum absolute atomic E-state index is 0.0543. The predicted molar refractivity (Wildman–Crippen MR) is 87.8 cm³/mol. The number of esters is 1. The van der Waals surface area contributed by atoms with Gasteiger partial charge in [-0.25, -0.2) is 4.79 Å². The van der Waals surface area contributed by atoms with Crippen LogP contribution in [0.5, 0.6) is 0 Å². The third-order valence-corrected chi connectivity index (χ3v) is 3.23. The lowest BCUT2D eigenvalue weighted by molar-refractivity contribution is -0.141. The molecule has 130 valence electrons. The van der Waals surface area contributed by atoms with E-state index in [-0.39, 0.29) is 6.54 Å². The first kappa shape index (κ1) is 20.7. The Balaban J connectivity index is 4.19. The lowest BCUT2D eigenvalue weighted by Crippen LogP contribution is -2.40. The number of methoxy groups -OCH3 is 1. The van der Waals surface area contributed by atoms with Crippen LogP contribution in [0.15, 0.2) is 0 Å². The average Bonchev–Trinajstić information content (AvgIpc) is 2.42. The Morgan fingerprint density at radius 3 is 2.00 bits per heavy atom. The third-order valence-electron chi connectivity index (χ3n) is 3.23. The van der Waals surface area contributed by atoms with Crippen molar-refractivity contribution in [2.24, 2.45) is 0 Å². The van der Waals surface area contributed by atoms with Gasteiger partial charge in [-0.05, 0) is 27.2 Å². The maximum absolute atomic E-state index is 12.1. The first-order valence-electron chi connectivity index (χ1n) is 8.35. The molecule has 0 saturated carbocycles. The number of carbonyl (C=O) groups is 2. The molecule has 0 saturated heterocycles. The first-order valence-corrected chi connectivity index (χ1v) is 8.35. The molecular weight excluding hydrogens is 282 g/mol. The topological polar surface area (TPSA) is 55.8 Å². The Labute approximate surface area is 135 Å². The van der Waals surface area contributed by atoms with Crippen molar-refractivity contribution in [3.8, 4) is 0 Å². The average molecular weight is 315 g/mol. The van der Waals surface area contributed by atoms with E-state index in [1.165, 1.54) is 44.1 Å². The number of nitrogens with zero attached hydrogens (tertiary/aromatic N) is 1. The highest BCUT2D eigenvalue weighted by atomic mass is 16.6. The van der Waals surface area contributed by atoms with Gasteiger partial charge in [0.2, 0.25) is 0 Å². The van der Waals surface area contributed by atoms with Crippen LogP contribution in [0.3, 0.4) is 0 Å². The molecule has 0 spiro atoms. The van der Waals surface area contributed by atoms with Crippen LogP contribution in [0.2, 0.25) is 0 Å². The van der Waals surface area contributed by atoms with Gasteiger partial charge in [-0.15, -0.1) is 0 Å². The summed E-state index contributed by atoms with van der Waals surface area (Å²) in [7, 11) is 1.32. The smallest absolute Gasteiger partial charge is 0.410 e. The van der Waals surface area contributed by atoms with Gasteiger partial charge in [-0.1, -0.05) is 45.4 Å². The van der Waals surface area contributed by atoms with Crippen molar-refractivity contribution in [1.82, 2.24) is 4.90 Å². The van der Waals surface area contributed by atoms with Gasteiger partial charge in [0.05, 0.1) is 7.11 Å². The zero-order chi connectivity index (χ0) is 17.0. The lowest BCUT2D eigenvalue weighted by atomic mass is 10.1. The van der Waals surface area contributed by atoms with Crippen molar-refractivity contribution in [3.05, 3.63) is 0 Å². The second-order valence-electron chi connectivity index (χ2n) is 6.60. The number of amides is 1. The lowest BCUT2D eigenvalue weighted by Gasteiger charge is -2.26. The van der Waals surface area contributed by atoms with E-state index in [0.29, 0.717) is 6.54 Å². The first-order chi connectivity index (χ1) is 10.3. The standard InChI is InChI=1S/C17H33NO4/c1-6-7-8-9-10-11-12-13-18(14-15(19)21-5)16(20)22-17(2,3)4/h6-14H2,1-5H3. The van der Waals surface area contributed by atoms with Crippen molar-refractivity contribution >= 4 is 12.1 Å². The molecule has 0 N–H and O–H groups in total. The zero-order valence-electron chi connectivity index (χ0n) is 14.9. The molecule has 0 radical (unpaired) electrons. The number of unbranched alkanes of at least 4 members (excludes halogenated alkanes) is 6. The Morgan fingerprint density at radius 2 is 1.50 bits per heavy atom. The highest BCUT2D eigenvalue weighted by Crippen LogP contribution is 2.12. The number of hydrogen-bond acceptors (Lipinski definition) is 4. The van der Waals surface area contributed by atoms with Gasteiger partial charge >= 0.3 is 12.1 Å². The summed E-state index contributed by atoms with van der Waals surface area (Å²) in [5.74, 6) is -0.422. The van der Waals surface area contributed by atoms with Gasteiger partial charge in [0.15, 0.2) is 0 Å². The van der Waals surface area contributed by atoms with Gasteiger partial charge in [-0.2, -0.15) is 0 Å². The van der Waals surface area contributed by atoms with E-state index in [2.05, 4.69) is 11.7 Å². The highest BCUT2D eigenvalue weighted by Gasteiger charge is 2.23. The van der Waals surface area contributed by atoms with E-state index in [0.717, 1.165) is 12.8 Å². The fourth-order valence-electron chi connectivity index (χ4n) is 2.04. The van der Waals surface area contributed by atoms with Crippen LogP contribution < -0.4 is 0 Å². The van der Waals surface area contributed by atoms with Crippen molar-refractivity contribution in [1.29, 1.82) is 0 Å². The predicted octanol–water partition coefficient (Wildman–Crippen LogP) is 4.15. The molecule has 0 rings (SSSR count). The van der Waals surface area contributed by atoms with Gasteiger partial charge in [0.25, 0.3) is 0 Å². The Bertz CT molecular complexity index is 323. The second kappa shape index (κ2) is 11.3. The summed E-state index contributed by atoms with van der Waals surface area (Å²) in [6.45, 7) is 8.11. The summed E-state index contributed by atoms with van der Waals surface area (Å²) in [6.07, 6.45) is 7.68. The summed E-state index contributed by atoms with van der Waals surface area (Å²) in [6, 6.07) is 0. The van der Waals surface area contributed by atoms with E-state index >= 15 is 0 Å². The van der Waals surface area contributed by atoms with Crippen LogP contribution in [0.25, 0.3) is 0 Å². The van der Waals surface area contributed by atoms with Crippen LogP contribution in [0.1, 0.15) is 72.6 Å². The van der Waals surface area contributed by atoms with Crippen LogP contribution in [-0.4, -0.2) is 42.8 Å². The minimum atomic E-state index is -0.564.